The molecule has 1 aliphatic rings. The lowest BCUT2D eigenvalue weighted by Crippen LogP contribution is -2.34. The predicted octanol–water partition coefficient (Wildman–Crippen LogP) is 5.79. The van der Waals surface area contributed by atoms with Crippen molar-refractivity contribution in [3.63, 3.8) is 0 Å². The van der Waals surface area contributed by atoms with E-state index < -0.39 is 0 Å². The molecule has 0 spiro atoms. The number of piperidine rings is 1. The Bertz CT molecular complexity index is 1360. The topological polar surface area (TPSA) is 89.5 Å². The molecule has 196 valence electrons. The minimum absolute atomic E-state index is 0.211. The van der Waals surface area contributed by atoms with Crippen molar-refractivity contribution in [3.05, 3.63) is 94.9 Å². The Morgan fingerprint density at radius 3 is 2.13 bits per heavy atom. The Labute approximate surface area is 219 Å². The summed E-state index contributed by atoms with van der Waals surface area (Å²) in [6.45, 7) is 7.50. The van der Waals surface area contributed by atoms with Crippen molar-refractivity contribution >= 4 is 11.5 Å². The van der Waals surface area contributed by atoms with Crippen LogP contribution >= 0.6 is 0 Å². The maximum absolute atomic E-state index is 13.5. The van der Waals surface area contributed by atoms with Gasteiger partial charge in [-0.1, -0.05) is 24.2 Å². The Hall–Kier alpha value is -4.21. The maximum atomic E-state index is 13.5. The first kappa shape index (κ1) is 25.4. The van der Waals surface area contributed by atoms with Gasteiger partial charge in [0.05, 0.1) is 5.56 Å². The van der Waals surface area contributed by atoms with E-state index in [-0.39, 0.29) is 23.5 Å². The van der Waals surface area contributed by atoms with Gasteiger partial charge >= 0.3 is 0 Å². The Balaban J connectivity index is 1.34. The fourth-order valence-corrected chi connectivity index (χ4v) is 4.40. The fourth-order valence-electron chi connectivity index (χ4n) is 4.40. The van der Waals surface area contributed by atoms with Crippen LogP contribution in [0, 0.1) is 18.6 Å². The lowest BCUT2D eigenvalue weighted by atomic mass is 9.96. The molecular formula is C28H28F2N6O2. The van der Waals surface area contributed by atoms with Gasteiger partial charge in [0.15, 0.2) is 5.82 Å². The van der Waals surface area contributed by atoms with Gasteiger partial charge in [-0.05, 0) is 68.3 Å². The average Bonchev–Trinajstić information content (AvgIpc) is 3.43. The zero-order valence-electron chi connectivity index (χ0n) is 21.4. The fraction of sp³-hybridized carbons (Fsp3) is 0.321. The van der Waals surface area contributed by atoms with E-state index in [0.717, 1.165) is 43.1 Å². The molecule has 0 bridgehead atoms. The van der Waals surface area contributed by atoms with Crippen LogP contribution in [0.25, 0.3) is 0 Å². The van der Waals surface area contributed by atoms with E-state index in [9.17, 15) is 8.78 Å². The van der Waals surface area contributed by atoms with Gasteiger partial charge in [-0.3, -0.25) is 0 Å². The molecule has 3 heterocycles. The number of oxime groups is 1. The van der Waals surface area contributed by atoms with Crippen molar-refractivity contribution in [2.75, 3.05) is 18.0 Å². The summed E-state index contributed by atoms with van der Waals surface area (Å²) in [5.41, 5.74) is 2.40. The highest BCUT2D eigenvalue weighted by Crippen LogP contribution is 2.32. The molecule has 4 aromatic rings. The zero-order valence-corrected chi connectivity index (χ0v) is 21.4. The first-order valence-electron chi connectivity index (χ1n) is 12.6. The van der Waals surface area contributed by atoms with Crippen molar-refractivity contribution in [1.82, 2.24) is 20.1 Å². The van der Waals surface area contributed by atoms with Gasteiger partial charge < -0.3 is 14.3 Å². The molecule has 10 heteroatoms. The van der Waals surface area contributed by atoms with Crippen LogP contribution in [0.2, 0.25) is 0 Å². The van der Waals surface area contributed by atoms with E-state index in [2.05, 4.69) is 30.2 Å². The number of hydrogen-bond donors (Lipinski definition) is 0. The number of aromatic nitrogens is 4. The molecule has 1 aliphatic heterocycles. The highest BCUT2D eigenvalue weighted by molar-refractivity contribution is 6.12. The van der Waals surface area contributed by atoms with E-state index in [1.807, 2.05) is 20.8 Å². The number of halogens is 2. The minimum atomic E-state index is -0.368. The Morgan fingerprint density at radius 1 is 0.974 bits per heavy atom. The molecule has 0 amide bonds. The Morgan fingerprint density at radius 2 is 1.58 bits per heavy atom. The molecule has 0 aliphatic carbocycles. The van der Waals surface area contributed by atoms with E-state index >= 15 is 0 Å². The van der Waals surface area contributed by atoms with E-state index in [1.54, 1.807) is 24.3 Å². The molecule has 0 N–H and O–H groups in total. The smallest absolute Gasteiger partial charge is 0.256 e. The van der Waals surface area contributed by atoms with Gasteiger partial charge in [0.25, 0.3) is 5.88 Å². The standard InChI is InChI=1S/C28H28F2N6O2/c1-17(2)25-33-28(38-35-25)21-12-14-36(15-13-21)26-18(3)27(32-16-31-26)37-34-24(19-4-8-22(29)9-5-19)20-6-10-23(30)11-7-20/h4-11,16-17,21H,12-15H2,1-3H3. The van der Waals surface area contributed by atoms with Crippen LogP contribution in [0.1, 0.15) is 66.9 Å². The average molecular weight is 519 g/mol. The first-order valence-corrected chi connectivity index (χ1v) is 12.6. The van der Waals surface area contributed by atoms with E-state index in [1.165, 1.54) is 30.6 Å². The second-order valence-electron chi connectivity index (χ2n) is 9.58. The molecule has 0 unspecified atom stereocenters. The zero-order chi connectivity index (χ0) is 26.6. The van der Waals surface area contributed by atoms with Crippen LogP contribution < -0.4 is 9.74 Å². The molecule has 0 atom stereocenters. The molecule has 38 heavy (non-hydrogen) atoms. The normalized spacial score (nSPS) is 14.1. The summed E-state index contributed by atoms with van der Waals surface area (Å²) in [7, 11) is 0. The quantitative estimate of drug-likeness (QED) is 0.226. The second-order valence-corrected chi connectivity index (χ2v) is 9.58. The minimum Gasteiger partial charge on any atom is -0.356 e. The number of anilines is 1. The number of hydrogen-bond acceptors (Lipinski definition) is 8. The van der Waals surface area contributed by atoms with Crippen LogP contribution in [0.15, 0.2) is 64.5 Å². The summed E-state index contributed by atoms with van der Waals surface area (Å²) in [6, 6.07) is 11.7. The summed E-state index contributed by atoms with van der Waals surface area (Å²) in [5, 5.41) is 8.44. The summed E-state index contributed by atoms with van der Waals surface area (Å²) >= 11 is 0. The highest BCUT2D eigenvalue weighted by atomic mass is 19.1. The van der Waals surface area contributed by atoms with Gasteiger partial charge in [0.1, 0.15) is 29.5 Å². The molecule has 0 saturated carbocycles. The van der Waals surface area contributed by atoms with E-state index in [0.29, 0.717) is 28.6 Å². The lowest BCUT2D eigenvalue weighted by Gasteiger charge is -2.32. The SMILES string of the molecule is Cc1c(ON=C(c2ccc(F)cc2)c2ccc(F)cc2)ncnc1N1CCC(c2nc(C(C)C)no2)CC1. The predicted molar refractivity (Wildman–Crippen MR) is 138 cm³/mol. The second kappa shape index (κ2) is 11.0. The highest BCUT2D eigenvalue weighted by Gasteiger charge is 2.27. The Kier molecular flexibility index (Phi) is 7.39. The summed E-state index contributed by atoms with van der Waals surface area (Å²) in [5.74, 6) is 2.20. The third-order valence-corrected chi connectivity index (χ3v) is 6.59. The molecule has 0 radical (unpaired) electrons. The molecule has 5 rings (SSSR count). The molecule has 1 fully saturated rings. The van der Waals surface area contributed by atoms with Gasteiger partial charge in [-0.2, -0.15) is 9.97 Å². The first-order chi connectivity index (χ1) is 18.4. The van der Waals surface area contributed by atoms with Gasteiger partial charge in [-0.25, -0.2) is 13.8 Å². The van der Waals surface area contributed by atoms with Gasteiger partial charge in [0.2, 0.25) is 5.89 Å². The monoisotopic (exact) mass is 518 g/mol. The third kappa shape index (κ3) is 5.53. The molecule has 2 aromatic heterocycles. The number of nitrogens with zero attached hydrogens (tertiary/aromatic N) is 6. The van der Waals surface area contributed by atoms with Crippen molar-refractivity contribution in [2.24, 2.45) is 5.16 Å². The largest absolute Gasteiger partial charge is 0.356 e. The van der Waals surface area contributed by atoms with Crippen molar-refractivity contribution in [3.8, 4) is 5.88 Å². The van der Waals surface area contributed by atoms with Crippen LogP contribution in [-0.2, 0) is 0 Å². The maximum Gasteiger partial charge on any atom is 0.256 e. The van der Waals surface area contributed by atoms with Gasteiger partial charge in [0, 0.05) is 36.1 Å². The molecule has 8 nitrogen and oxygen atoms in total. The van der Waals surface area contributed by atoms with Crippen LogP contribution in [0.4, 0.5) is 14.6 Å². The van der Waals surface area contributed by atoms with Crippen molar-refractivity contribution in [2.45, 2.75) is 45.4 Å². The summed E-state index contributed by atoms with van der Waals surface area (Å²) in [4.78, 5) is 21.3. The van der Waals surface area contributed by atoms with Gasteiger partial charge in [-0.15, -0.1) is 0 Å². The van der Waals surface area contributed by atoms with Crippen molar-refractivity contribution in [1.29, 1.82) is 0 Å². The summed E-state index contributed by atoms with van der Waals surface area (Å²) < 4.78 is 32.6. The number of benzene rings is 2. The van der Waals surface area contributed by atoms with E-state index in [4.69, 9.17) is 9.36 Å². The number of rotatable bonds is 7. The lowest BCUT2D eigenvalue weighted by molar-refractivity contribution is 0.321. The molecule has 2 aromatic carbocycles. The van der Waals surface area contributed by atoms with Crippen LogP contribution in [0.3, 0.4) is 0 Å². The van der Waals surface area contributed by atoms with Crippen LogP contribution in [0.5, 0.6) is 5.88 Å². The van der Waals surface area contributed by atoms with Crippen LogP contribution in [-0.4, -0.2) is 38.9 Å². The molecule has 1 saturated heterocycles. The van der Waals surface area contributed by atoms with Crippen molar-refractivity contribution < 1.29 is 18.1 Å². The molecular weight excluding hydrogens is 490 g/mol. The summed E-state index contributed by atoms with van der Waals surface area (Å²) in [6.07, 6.45) is 3.16. The third-order valence-electron chi connectivity index (χ3n) is 6.59.